The van der Waals surface area contributed by atoms with Crippen molar-refractivity contribution < 1.29 is 13.7 Å². The second-order valence-corrected chi connectivity index (χ2v) is 8.58. The number of amides is 1. The van der Waals surface area contributed by atoms with Gasteiger partial charge in [0.15, 0.2) is 0 Å². The molecule has 1 saturated carbocycles. The molecule has 31 heavy (non-hydrogen) atoms. The molecule has 1 amide bonds. The fraction of sp³-hybridized carbons (Fsp3) is 0.125. The molecular weight excluding hydrogens is 410 g/mol. The number of hydrogen-bond donors (Lipinski definition) is 0. The minimum absolute atomic E-state index is 0.0713. The van der Waals surface area contributed by atoms with Gasteiger partial charge in [0.05, 0.1) is 17.5 Å². The zero-order valence-corrected chi connectivity index (χ0v) is 17.2. The Morgan fingerprint density at radius 3 is 2.77 bits per heavy atom. The van der Waals surface area contributed by atoms with Crippen molar-refractivity contribution in [1.29, 1.82) is 0 Å². The Morgan fingerprint density at radius 1 is 1.03 bits per heavy atom. The first-order chi connectivity index (χ1) is 15.3. The first-order valence-corrected chi connectivity index (χ1v) is 10.9. The average molecular weight is 427 g/mol. The summed E-state index contributed by atoms with van der Waals surface area (Å²) in [5.74, 6) is 1.69. The van der Waals surface area contributed by atoms with Crippen LogP contribution in [0, 0.1) is 0 Å². The third-order valence-electron chi connectivity index (χ3n) is 5.32. The van der Waals surface area contributed by atoms with Crippen LogP contribution in [0.25, 0.3) is 23.5 Å². The van der Waals surface area contributed by atoms with Gasteiger partial charge >= 0.3 is 0 Å². The highest BCUT2D eigenvalue weighted by Crippen LogP contribution is 2.46. The van der Waals surface area contributed by atoms with Crippen LogP contribution in [0.3, 0.4) is 0 Å². The van der Waals surface area contributed by atoms with E-state index in [1.54, 1.807) is 30.2 Å². The predicted octanol–water partition coefficient (Wildman–Crippen LogP) is 5.77. The van der Waals surface area contributed by atoms with Crippen LogP contribution in [-0.4, -0.2) is 22.1 Å². The number of furan rings is 1. The zero-order valence-electron chi connectivity index (χ0n) is 16.4. The lowest BCUT2D eigenvalue weighted by atomic mass is 10.1. The standard InChI is InChI=1S/C24H17N3O3S/c28-24-18-5-1-2-6-20(18)31-21-14-15(7-11-19(21)27(24)16-8-9-16)23-25-22(30-26-23)12-10-17-4-3-13-29-17/h1-7,10-14,16H,8-9H2/b12-10-. The van der Waals surface area contributed by atoms with Crippen molar-refractivity contribution in [3.05, 3.63) is 78.1 Å². The molecule has 0 unspecified atom stereocenters. The minimum Gasteiger partial charge on any atom is -0.465 e. The maximum atomic E-state index is 13.3. The average Bonchev–Trinajstić information content (AvgIpc) is 3.30. The molecule has 1 aliphatic carbocycles. The molecular formula is C24H17N3O3S. The molecule has 2 aliphatic rings. The van der Waals surface area contributed by atoms with Crippen molar-refractivity contribution in [1.82, 2.24) is 10.1 Å². The zero-order chi connectivity index (χ0) is 20.8. The number of nitrogens with zero attached hydrogens (tertiary/aromatic N) is 3. The fourth-order valence-corrected chi connectivity index (χ4v) is 4.78. The Hall–Kier alpha value is -3.58. The molecule has 2 aromatic heterocycles. The van der Waals surface area contributed by atoms with E-state index < -0.39 is 0 Å². The van der Waals surface area contributed by atoms with E-state index in [-0.39, 0.29) is 11.9 Å². The number of hydrogen-bond acceptors (Lipinski definition) is 6. The van der Waals surface area contributed by atoms with Gasteiger partial charge in [0.2, 0.25) is 5.82 Å². The number of anilines is 1. The van der Waals surface area contributed by atoms with Gasteiger partial charge in [0.1, 0.15) is 5.76 Å². The maximum absolute atomic E-state index is 13.3. The Kier molecular flexibility index (Phi) is 4.28. The van der Waals surface area contributed by atoms with Gasteiger partial charge in [-0.1, -0.05) is 29.1 Å². The van der Waals surface area contributed by atoms with Gasteiger partial charge in [-0.25, -0.2) is 0 Å². The van der Waals surface area contributed by atoms with E-state index in [0.29, 0.717) is 17.5 Å². The molecule has 152 valence electrons. The third kappa shape index (κ3) is 3.37. The molecule has 0 radical (unpaired) electrons. The molecule has 0 atom stereocenters. The lowest BCUT2D eigenvalue weighted by Crippen LogP contribution is -2.32. The molecule has 3 heterocycles. The second kappa shape index (κ2) is 7.28. The van der Waals surface area contributed by atoms with Crippen molar-refractivity contribution in [2.75, 3.05) is 4.90 Å². The number of rotatable bonds is 4. The topological polar surface area (TPSA) is 72.4 Å². The van der Waals surface area contributed by atoms with Crippen molar-refractivity contribution in [2.24, 2.45) is 0 Å². The maximum Gasteiger partial charge on any atom is 0.259 e. The van der Waals surface area contributed by atoms with Crippen molar-refractivity contribution in [3.63, 3.8) is 0 Å². The molecule has 0 saturated heterocycles. The van der Waals surface area contributed by atoms with E-state index in [0.717, 1.165) is 39.4 Å². The lowest BCUT2D eigenvalue weighted by molar-refractivity contribution is 0.0982. The van der Waals surface area contributed by atoms with Crippen LogP contribution in [0.4, 0.5) is 5.69 Å². The molecule has 7 heteroatoms. The first kappa shape index (κ1) is 18.2. The van der Waals surface area contributed by atoms with Crippen LogP contribution >= 0.6 is 11.8 Å². The summed E-state index contributed by atoms with van der Waals surface area (Å²) in [4.78, 5) is 21.7. The Balaban J connectivity index is 1.37. The van der Waals surface area contributed by atoms with E-state index in [1.807, 2.05) is 59.5 Å². The van der Waals surface area contributed by atoms with Crippen molar-refractivity contribution in [3.8, 4) is 11.4 Å². The molecule has 1 aliphatic heterocycles. The van der Waals surface area contributed by atoms with E-state index in [1.165, 1.54) is 0 Å². The summed E-state index contributed by atoms with van der Waals surface area (Å²) in [6.45, 7) is 0. The van der Waals surface area contributed by atoms with Gasteiger partial charge in [-0.15, -0.1) is 0 Å². The molecule has 1 fully saturated rings. The summed E-state index contributed by atoms with van der Waals surface area (Å²) in [6.07, 6.45) is 7.18. The number of benzene rings is 2. The largest absolute Gasteiger partial charge is 0.465 e. The highest BCUT2D eigenvalue weighted by molar-refractivity contribution is 7.99. The van der Waals surface area contributed by atoms with Crippen LogP contribution in [0.5, 0.6) is 0 Å². The Bertz CT molecular complexity index is 1310. The first-order valence-electron chi connectivity index (χ1n) is 10.1. The van der Waals surface area contributed by atoms with E-state index in [4.69, 9.17) is 8.94 Å². The van der Waals surface area contributed by atoms with Gasteiger partial charge < -0.3 is 13.8 Å². The van der Waals surface area contributed by atoms with Crippen LogP contribution in [0.15, 0.2) is 79.6 Å². The fourth-order valence-electron chi connectivity index (χ4n) is 3.68. The van der Waals surface area contributed by atoms with Gasteiger partial charge in [-0.2, -0.15) is 4.98 Å². The van der Waals surface area contributed by atoms with E-state index in [9.17, 15) is 4.79 Å². The van der Waals surface area contributed by atoms with Crippen LogP contribution < -0.4 is 4.90 Å². The van der Waals surface area contributed by atoms with Crippen molar-refractivity contribution in [2.45, 2.75) is 28.7 Å². The van der Waals surface area contributed by atoms with Gasteiger partial charge in [0, 0.05) is 27.5 Å². The summed E-state index contributed by atoms with van der Waals surface area (Å²) >= 11 is 1.61. The van der Waals surface area contributed by atoms with E-state index in [2.05, 4.69) is 10.1 Å². The summed E-state index contributed by atoms with van der Waals surface area (Å²) in [5.41, 5.74) is 2.54. The summed E-state index contributed by atoms with van der Waals surface area (Å²) in [5, 5.41) is 4.13. The smallest absolute Gasteiger partial charge is 0.259 e. The molecule has 2 aromatic carbocycles. The predicted molar refractivity (Wildman–Crippen MR) is 118 cm³/mol. The Morgan fingerprint density at radius 2 is 1.94 bits per heavy atom. The number of carbonyl (C=O) groups is 1. The summed E-state index contributed by atoms with van der Waals surface area (Å²) < 4.78 is 10.6. The number of aromatic nitrogens is 2. The van der Waals surface area contributed by atoms with Crippen molar-refractivity contribution >= 4 is 35.5 Å². The molecule has 0 bridgehead atoms. The van der Waals surface area contributed by atoms with Crippen LogP contribution in [0.2, 0.25) is 0 Å². The number of carbonyl (C=O) groups excluding carboxylic acids is 1. The second-order valence-electron chi connectivity index (χ2n) is 7.49. The molecule has 0 spiro atoms. The SMILES string of the molecule is O=C1c2ccccc2Sc2cc(-c3noc(/C=C\c4ccco4)n3)ccc2N1C1CC1. The highest BCUT2D eigenvalue weighted by Gasteiger charge is 2.38. The summed E-state index contributed by atoms with van der Waals surface area (Å²) in [6, 6.07) is 17.7. The van der Waals surface area contributed by atoms with Gasteiger partial charge in [-0.3, -0.25) is 4.79 Å². The monoisotopic (exact) mass is 427 g/mol. The molecule has 4 aromatic rings. The Labute approximate surface area is 182 Å². The quantitative estimate of drug-likeness (QED) is 0.411. The molecule has 6 nitrogen and oxygen atoms in total. The normalized spacial score (nSPS) is 15.7. The highest BCUT2D eigenvalue weighted by atomic mass is 32.2. The van der Waals surface area contributed by atoms with Crippen LogP contribution in [0.1, 0.15) is 34.9 Å². The van der Waals surface area contributed by atoms with Gasteiger partial charge in [-0.05, 0) is 61.4 Å². The molecule has 6 rings (SSSR count). The third-order valence-corrected chi connectivity index (χ3v) is 6.44. The summed E-state index contributed by atoms with van der Waals surface area (Å²) in [7, 11) is 0. The van der Waals surface area contributed by atoms with Gasteiger partial charge in [0.25, 0.3) is 11.8 Å². The molecule has 0 N–H and O–H groups in total. The number of fused-ring (bicyclic) bond motifs is 2. The van der Waals surface area contributed by atoms with E-state index >= 15 is 0 Å². The lowest BCUT2D eigenvalue weighted by Gasteiger charge is -2.22. The van der Waals surface area contributed by atoms with Crippen LogP contribution in [-0.2, 0) is 0 Å². The minimum atomic E-state index is 0.0713.